The van der Waals surface area contributed by atoms with Crippen LogP contribution in [0, 0.1) is 5.92 Å². The summed E-state index contributed by atoms with van der Waals surface area (Å²) in [6.45, 7) is 2.81. The average molecular weight is 393 g/mol. The Morgan fingerprint density at radius 2 is 1.96 bits per heavy atom. The highest BCUT2D eigenvalue weighted by molar-refractivity contribution is 6.35. The van der Waals surface area contributed by atoms with Crippen LogP contribution >= 0.6 is 23.2 Å². The molecule has 136 valence electrons. The number of anilines is 2. The number of benzene rings is 2. The largest absolute Gasteiger partial charge is 0.494 e. The Labute approximate surface area is 161 Å². The molecular formula is C19H18Cl2N2O3. The number of amides is 2. The molecule has 3 rings (SSSR count). The Kier molecular flexibility index (Phi) is 5.69. The first-order valence-electron chi connectivity index (χ1n) is 8.27. The van der Waals surface area contributed by atoms with Crippen molar-refractivity contribution in [2.45, 2.75) is 13.3 Å². The lowest BCUT2D eigenvalue weighted by atomic mass is 10.1. The van der Waals surface area contributed by atoms with Crippen molar-refractivity contribution in [3.8, 4) is 5.75 Å². The van der Waals surface area contributed by atoms with E-state index in [0.717, 1.165) is 11.4 Å². The first kappa shape index (κ1) is 18.5. The molecule has 2 aromatic rings. The van der Waals surface area contributed by atoms with Crippen LogP contribution in [0.1, 0.15) is 13.3 Å². The summed E-state index contributed by atoms with van der Waals surface area (Å²) in [5, 5.41) is 3.63. The van der Waals surface area contributed by atoms with Gasteiger partial charge in [-0.15, -0.1) is 0 Å². The molecule has 0 unspecified atom stereocenters. The van der Waals surface area contributed by atoms with Crippen molar-refractivity contribution >= 4 is 46.4 Å². The highest BCUT2D eigenvalue weighted by atomic mass is 35.5. The fraction of sp³-hybridized carbons (Fsp3) is 0.263. The molecule has 1 N–H and O–H groups in total. The molecule has 1 aliphatic rings. The Bertz CT molecular complexity index is 824. The van der Waals surface area contributed by atoms with Gasteiger partial charge in [0.2, 0.25) is 11.8 Å². The van der Waals surface area contributed by atoms with Gasteiger partial charge < -0.3 is 15.0 Å². The lowest BCUT2D eigenvalue weighted by molar-refractivity contribution is -0.122. The summed E-state index contributed by atoms with van der Waals surface area (Å²) in [5.74, 6) is -0.0562. The zero-order chi connectivity index (χ0) is 18.7. The van der Waals surface area contributed by atoms with Crippen LogP contribution in [0.5, 0.6) is 5.75 Å². The van der Waals surface area contributed by atoms with Gasteiger partial charge in [0, 0.05) is 23.7 Å². The van der Waals surface area contributed by atoms with Gasteiger partial charge in [-0.3, -0.25) is 9.59 Å². The van der Waals surface area contributed by atoms with Gasteiger partial charge in [0.05, 0.1) is 23.2 Å². The van der Waals surface area contributed by atoms with E-state index >= 15 is 0 Å². The monoisotopic (exact) mass is 392 g/mol. The van der Waals surface area contributed by atoms with Crippen LogP contribution in [0.2, 0.25) is 10.0 Å². The summed E-state index contributed by atoms with van der Waals surface area (Å²) >= 11 is 12.0. The molecule has 1 heterocycles. The number of carbonyl (C=O) groups excluding carboxylic acids is 2. The second kappa shape index (κ2) is 7.98. The lowest BCUT2D eigenvalue weighted by Gasteiger charge is -2.17. The number of nitrogens with zero attached hydrogens (tertiary/aromatic N) is 1. The zero-order valence-corrected chi connectivity index (χ0v) is 15.7. The van der Waals surface area contributed by atoms with Gasteiger partial charge in [0.15, 0.2) is 0 Å². The van der Waals surface area contributed by atoms with E-state index in [9.17, 15) is 9.59 Å². The summed E-state index contributed by atoms with van der Waals surface area (Å²) < 4.78 is 5.41. The second-order valence-electron chi connectivity index (χ2n) is 5.95. The summed E-state index contributed by atoms with van der Waals surface area (Å²) in [4.78, 5) is 26.5. The SMILES string of the molecule is CCOc1ccc(N2C[C@H](C(=O)Nc3cc(Cl)ccc3Cl)CC2=O)cc1. The predicted octanol–water partition coefficient (Wildman–Crippen LogP) is 4.38. The quantitative estimate of drug-likeness (QED) is 0.820. The molecule has 0 aliphatic carbocycles. The Morgan fingerprint density at radius 3 is 2.65 bits per heavy atom. The summed E-state index contributed by atoms with van der Waals surface area (Å²) in [7, 11) is 0. The van der Waals surface area contributed by atoms with Crippen LogP contribution in [0.25, 0.3) is 0 Å². The van der Waals surface area contributed by atoms with Crippen molar-refractivity contribution in [1.29, 1.82) is 0 Å². The van der Waals surface area contributed by atoms with Crippen LogP contribution in [-0.2, 0) is 9.59 Å². The highest BCUT2D eigenvalue weighted by Crippen LogP contribution is 2.30. The van der Waals surface area contributed by atoms with E-state index in [4.69, 9.17) is 27.9 Å². The Morgan fingerprint density at radius 1 is 1.23 bits per heavy atom. The minimum Gasteiger partial charge on any atom is -0.494 e. The predicted molar refractivity (Wildman–Crippen MR) is 103 cm³/mol. The van der Waals surface area contributed by atoms with Crippen LogP contribution in [0.4, 0.5) is 11.4 Å². The average Bonchev–Trinajstić information content (AvgIpc) is 3.01. The Hall–Kier alpha value is -2.24. The molecule has 0 aromatic heterocycles. The van der Waals surface area contributed by atoms with Crippen molar-refractivity contribution in [2.75, 3.05) is 23.4 Å². The lowest BCUT2D eigenvalue weighted by Crippen LogP contribution is -2.28. The van der Waals surface area contributed by atoms with E-state index in [2.05, 4.69) is 5.32 Å². The van der Waals surface area contributed by atoms with Crippen molar-refractivity contribution < 1.29 is 14.3 Å². The maximum atomic E-state index is 12.5. The first-order valence-corrected chi connectivity index (χ1v) is 9.02. The number of hydrogen-bond donors (Lipinski definition) is 1. The van der Waals surface area contributed by atoms with Crippen LogP contribution in [0.15, 0.2) is 42.5 Å². The normalized spacial score (nSPS) is 16.7. The molecule has 0 radical (unpaired) electrons. The molecule has 0 spiro atoms. The van der Waals surface area contributed by atoms with Crippen LogP contribution < -0.4 is 15.0 Å². The number of rotatable bonds is 5. The maximum absolute atomic E-state index is 12.5. The molecular weight excluding hydrogens is 375 g/mol. The van der Waals surface area contributed by atoms with Gasteiger partial charge >= 0.3 is 0 Å². The number of hydrogen-bond acceptors (Lipinski definition) is 3. The third-order valence-electron chi connectivity index (χ3n) is 4.14. The van der Waals surface area contributed by atoms with Crippen molar-refractivity contribution in [2.24, 2.45) is 5.92 Å². The smallest absolute Gasteiger partial charge is 0.229 e. The molecule has 0 saturated carbocycles. The molecule has 2 aromatic carbocycles. The number of carbonyl (C=O) groups is 2. The third-order valence-corrected chi connectivity index (χ3v) is 4.71. The Balaban J connectivity index is 1.68. The standard InChI is InChI=1S/C19H18Cl2N2O3/c1-2-26-15-6-4-14(5-7-15)23-11-12(9-18(23)24)19(25)22-17-10-13(20)3-8-16(17)21/h3-8,10,12H,2,9,11H2,1H3,(H,22,25)/t12-/m1/s1. The molecule has 5 nitrogen and oxygen atoms in total. The van der Waals surface area contributed by atoms with Crippen LogP contribution in [0.3, 0.4) is 0 Å². The fourth-order valence-electron chi connectivity index (χ4n) is 2.85. The molecule has 7 heteroatoms. The van der Waals surface area contributed by atoms with Gasteiger partial charge in [-0.25, -0.2) is 0 Å². The van der Waals surface area contributed by atoms with E-state index in [1.807, 2.05) is 31.2 Å². The first-order chi connectivity index (χ1) is 12.5. The number of ether oxygens (including phenoxy) is 1. The summed E-state index contributed by atoms with van der Waals surface area (Å²) in [6.07, 6.45) is 0.150. The van der Waals surface area contributed by atoms with Gasteiger partial charge in [0.1, 0.15) is 5.75 Å². The minimum absolute atomic E-state index is 0.0912. The highest BCUT2D eigenvalue weighted by Gasteiger charge is 2.35. The molecule has 1 aliphatic heterocycles. The second-order valence-corrected chi connectivity index (χ2v) is 6.79. The van der Waals surface area contributed by atoms with E-state index in [1.54, 1.807) is 23.1 Å². The van der Waals surface area contributed by atoms with Crippen LogP contribution in [-0.4, -0.2) is 25.0 Å². The van der Waals surface area contributed by atoms with Gasteiger partial charge in [-0.05, 0) is 49.4 Å². The van der Waals surface area contributed by atoms with Gasteiger partial charge in [-0.1, -0.05) is 23.2 Å². The topological polar surface area (TPSA) is 58.6 Å². The molecule has 1 saturated heterocycles. The molecule has 0 bridgehead atoms. The number of nitrogens with one attached hydrogen (secondary N) is 1. The van der Waals surface area contributed by atoms with Crippen molar-refractivity contribution in [3.63, 3.8) is 0 Å². The van der Waals surface area contributed by atoms with Gasteiger partial charge in [0.25, 0.3) is 0 Å². The van der Waals surface area contributed by atoms with Crippen molar-refractivity contribution in [3.05, 3.63) is 52.5 Å². The van der Waals surface area contributed by atoms with E-state index in [-0.39, 0.29) is 18.2 Å². The number of halogens is 2. The van der Waals surface area contributed by atoms with E-state index in [1.165, 1.54) is 0 Å². The molecule has 1 fully saturated rings. The zero-order valence-electron chi connectivity index (χ0n) is 14.2. The minimum atomic E-state index is -0.455. The molecule has 2 amide bonds. The summed E-state index contributed by atoms with van der Waals surface area (Å²) in [5.41, 5.74) is 1.19. The third kappa shape index (κ3) is 4.11. The fourth-order valence-corrected chi connectivity index (χ4v) is 3.19. The molecule has 1 atom stereocenters. The maximum Gasteiger partial charge on any atom is 0.229 e. The van der Waals surface area contributed by atoms with Crippen molar-refractivity contribution in [1.82, 2.24) is 0 Å². The van der Waals surface area contributed by atoms with E-state index < -0.39 is 5.92 Å². The molecule has 26 heavy (non-hydrogen) atoms. The summed E-state index contributed by atoms with van der Waals surface area (Å²) in [6, 6.07) is 12.1. The van der Waals surface area contributed by atoms with Gasteiger partial charge in [-0.2, -0.15) is 0 Å². The van der Waals surface area contributed by atoms with E-state index in [0.29, 0.717) is 28.9 Å².